The van der Waals surface area contributed by atoms with Crippen LogP contribution >= 0.6 is 0 Å². The molecule has 0 rings (SSSR count). The summed E-state index contributed by atoms with van der Waals surface area (Å²) in [4.78, 5) is 10.5. The summed E-state index contributed by atoms with van der Waals surface area (Å²) in [6, 6.07) is 0. The maximum Gasteiger partial charge on any atom is 0.303 e. The summed E-state index contributed by atoms with van der Waals surface area (Å²) in [5.41, 5.74) is -1.03. The molecule has 3 atom stereocenters. The SMILES string of the molecule is CCCCCC(O)C(O)/C=C/C=C/C=C/C=C/C(C)(O)CCCC(=O)O. The molecule has 148 valence electrons. The van der Waals surface area contributed by atoms with Crippen LogP contribution in [-0.4, -0.2) is 44.2 Å². The maximum atomic E-state index is 10.5. The van der Waals surface area contributed by atoms with Crippen molar-refractivity contribution in [1.82, 2.24) is 0 Å². The number of carbonyl (C=O) groups is 1. The van der Waals surface area contributed by atoms with Crippen LogP contribution in [0.4, 0.5) is 0 Å². The fraction of sp³-hybridized carbons (Fsp3) is 0.571. The molecule has 0 fully saturated rings. The molecule has 5 heteroatoms. The highest BCUT2D eigenvalue weighted by molar-refractivity contribution is 5.66. The van der Waals surface area contributed by atoms with Gasteiger partial charge in [-0.05, 0) is 26.2 Å². The first-order valence-corrected chi connectivity index (χ1v) is 9.28. The van der Waals surface area contributed by atoms with Crippen molar-refractivity contribution in [3.63, 3.8) is 0 Å². The molecule has 0 radical (unpaired) electrons. The number of aliphatic hydroxyl groups is 3. The molecular weight excluding hydrogens is 332 g/mol. The van der Waals surface area contributed by atoms with Crippen molar-refractivity contribution in [1.29, 1.82) is 0 Å². The third-order valence-corrected chi connectivity index (χ3v) is 3.89. The van der Waals surface area contributed by atoms with E-state index in [-0.39, 0.29) is 6.42 Å². The molecule has 5 nitrogen and oxygen atoms in total. The van der Waals surface area contributed by atoms with E-state index in [1.54, 1.807) is 55.5 Å². The minimum atomic E-state index is -1.03. The van der Waals surface area contributed by atoms with Gasteiger partial charge < -0.3 is 20.4 Å². The summed E-state index contributed by atoms with van der Waals surface area (Å²) < 4.78 is 0. The molecule has 0 aromatic rings. The van der Waals surface area contributed by atoms with Gasteiger partial charge >= 0.3 is 5.97 Å². The van der Waals surface area contributed by atoms with Crippen LogP contribution in [0.5, 0.6) is 0 Å². The minimum absolute atomic E-state index is 0.0497. The van der Waals surface area contributed by atoms with Gasteiger partial charge in [0.15, 0.2) is 0 Å². The zero-order valence-electron chi connectivity index (χ0n) is 15.9. The van der Waals surface area contributed by atoms with Gasteiger partial charge in [0.25, 0.3) is 0 Å². The molecule has 0 saturated carbocycles. The Morgan fingerprint density at radius 3 is 2.23 bits per heavy atom. The van der Waals surface area contributed by atoms with Crippen molar-refractivity contribution in [3.8, 4) is 0 Å². The lowest BCUT2D eigenvalue weighted by Crippen LogP contribution is -2.23. The summed E-state index contributed by atoms with van der Waals surface area (Å²) >= 11 is 0. The van der Waals surface area contributed by atoms with Crippen molar-refractivity contribution in [3.05, 3.63) is 48.6 Å². The molecule has 0 aliphatic rings. The number of aliphatic carboxylic acids is 1. The number of hydrogen-bond donors (Lipinski definition) is 4. The van der Waals surface area contributed by atoms with Crippen LogP contribution in [0.15, 0.2) is 48.6 Å². The van der Waals surface area contributed by atoms with Gasteiger partial charge in [0, 0.05) is 6.42 Å². The van der Waals surface area contributed by atoms with Crippen molar-refractivity contribution in [2.75, 3.05) is 0 Å². The molecule has 26 heavy (non-hydrogen) atoms. The fourth-order valence-electron chi connectivity index (χ4n) is 2.28. The average molecular weight is 366 g/mol. The third kappa shape index (κ3) is 14.6. The van der Waals surface area contributed by atoms with Crippen LogP contribution in [0.3, 0.4) is 0 Å². The number of rotatable bonds is 14. The molecule has 0 aliphatic carbocycles. The first-order chi connectivity index (χ1) is 12.3. The van der Waals surface area contributed by atoms with Gasteiger partial charge in [0.05, 0.1) is 17.8 Å². The van der Waals surface area contributed by atoms with Gasteiger partial charge in [-0.2, -0.15) is 0 Å². The van der Waals surface area contributed by atoms with E-state index in [1.165, 1.54) is 0 Å². The Morgan fingerprint density at radius 1 is 1.00 bits per heavy atom. The van der Waals surface area contributed by atoms with E-state index in [2.05, 4.69) is 6.92 Å². The van der Waals surface area contributed by atoms with Crippen LogP contribution in [0.25, 0.3) is 0 Å². The monoisotopic (exact) mass is 366 g/mol. The van der Waals surface area contributed by atoms with E-state index in [1.807, 2.05) is 0 Å². The largest absolute Gasteiger partial charge is 0.481 e. The lowest BCUT2D eigenvalue weighted by atomic mass is 9.98. The first kappa shape index (κ1) is 24.3. The summed E-state index contributed by atoms with van der Waals surface area (Å²) in [5.74, 6) is -0.860. The molecule has 0 amide bonds. The van der Waals surface area contributed by atoms with E-state index in [0.29, 0.717) is 19.3 Å². The van der Waals surface area contributed by atoms with Crippen molar-refractivity contribution in [2.24, 2.45) is 0 Å². The Balaban J connectivity index is 4.13. The second kappa shape index (κ2) is 14.5. The van der Waals surface area contributed by atoms with Gasteiger partial charge in [-0.15, -0.1) is 0 Å². The van der Waals surface area contributed by atoms with Crippen LogP contribution in [0.1, 0.15) is 58.8 Å². The van der Waals surface area contributed by atoms with E-state index >= 15 is 0 Å². The normalized spacial score (nSPS) is 17.4. The van der Waals surface area contributed by atoms with Gasteiger partial charge in [0.1, 0.15) is 0 Å². The van der Waals surface area contributed by atoms with Gasteiger partial charge in [-0.25, -0.2) is 0 Å². The highest BCUT2D eigenvalue weighted by atomic mass is 16.4. The van der Waals surface area contributed by atoms with Gasteiger partial charge in [-0.3, -0.25) is 4.79 Å². The average Bonchev–Trinajstić information content (AvgIpc) is 2.56. The molecule has 0 bridgehead atoms. The second-order valence-electron chi connectivity index (χ2n) is 6.67. The van der Waals surface area contributed by atoms with Crippen molar-refractivity contribution in [2.45, 2.75) is 76.6 Å². The number of unbranched alkanes of at least 4 members (excludes halogenated alkanes) is 2. The van der Waals surface area contributed by atoms with Gasteiger partial charge in [0.2, 0.25) is 0 Å². The Morgan fingerprint density at radius 2 is 1.62 bits per heavy atom. The Kier molecular flexibility index (Phi) is 13.5. The Labute approximate surface area is 157 Å². The molecule has 0 heterocycles. The number of hydrogen-bond acceptors (Lipinski definition) is 4. The summed E-state index contributed by atoms with van der Waals surface area (Å²) in [7, 11) is 0. The predicted molar refractivity (Wildman–Crippen MR) is 105 cm³/mol. The molecule has 0 aromatic heterocycles. The smallest absolute Gasteiger partial charge is 0.303 e. The molecule has 0 aliphatic heterocycles. The lowest BCUT2D eigenvalue weighted by Gasteiger charge is -2.17. The fourth-order valence-corrected chi connectivity index (χ4v) is 2.28. The molecule has 4 N–H and O–H groups in total. The number of carboxylic acids is 1. The Bertz CT molecular complexity index is 489. The number of carboxylic acid groups (broad SMARTS) is 1. The van der Waals surface area contributed by atoms with Crippen LogP contribution in [-0.2, 0) is 4.79 Å². The van der Waals surface area contributed by atoms with Crippen LogP contribution < -0.4 is 0 Å². The topological polar surface area (TPSA) is 98.0 Å². The highest BCUT2D eigenvalue weighted by Gasteiger charge is 2.15. The minimum Gasteiger partial charge on any atom is -0.481 e. The molecule has 0 saturated heterocycles. The number of allylic oxidation sites excluding steroid dienone is 6. The van der Waals surface area contributed by atoms with E-state index in [4.69, 9.17) is 5.11 Å². The number of aliphatic hydroxyl groups excluding tert-OH is 2. The standard InChI is InChI=1S/C21H34O5/c1-3-4-9-13-18(22)19(23)14-10-7-5-6-8-11-16-21(2,26)17-12-15-20(24)25/h5-8,10-11,14,16,18-19,22-23,26H,3-4,9,12-13,15,17H2,1-2H3,(H,24,25)/b7-5+,8-6+,14-10+,16-11+. The quantitative estimate of drug-likeness (QED) is 0.278. The van der Waals surface area contributed by atoms with E-state index in [0.717, 1.165) is 19.3 Å². The van der Waals surface area contributed by atoms with Crippen LogP contribution in [0.2, 0.25) is 0 Å². The highest BCUT2D eigenvalue weighted by Crippen LogP contribution is 2.15. The predicted octanol–water partition coefficient (Wildman–Crippen LogP) is 3.52. The summed E-state index contributed by atoms with van der Waals surface area (Å²) in [6.45, 7) is 3.74. The molecule has 3 unspecified atom stereocenters. The summed E-state index contributed by atoms with van der Waals surface area (Å²) in [5, 5.41) is 38.2. The molecular formula is C21H34O5. The maximum absolute atomic E-state index is 10.5. The lowest BCUT2D eigenvalue weighted by molar-refractivity contribution is -0.137. The zero-order chi connectivity index (χ0) is 19.8. The first-order valence-electron chi connectivity index (χ1n) is 9.28. The molecule has 0 spiro atoms. The van der Waals surface area contributed by atoms with Crippen molar-refractivity contribution >= 4 is 5.97 Å². The Hall–Kier alpha value is -1.69. The second-order valence-corrected chi connectivity index (χ2v) is 6.67. The van der Waals surface area contributed by atoms with E-state index in [9.17, 15) is 20.1 Å². The van der Waals surface area contributed by atoms with E-state index < -0.39 is 23.8 Å². The molecule has 0 aromatic carbocycles. The van der Waals surface area contributed by atoms with Gasteiger partial charge in [-0.1, -0.05) is 74.8 Å². The summed E-state index contributed by atoms with van der Waals surface area (Å²) in [6.07, 6.45) is 16.6. The zero-order valence-corrected chi connectivity index (χ0v) is 15.9. The van der Waals surface area contributed by atoms with Crippen LogP contribution in [0, 0.1) is 0 Å². The van der Waals surface area contributed by atoms with Crippen molar-refractivity contribution < 1.29 is 25.2 Å². The third-order valence-electron chi connectivity index (χ3n) is 3.89.